The second kappa shape index (κ2) is 32.3. The number of aromatic nitrogens is 5. The Morgan fingerprint density at radius 1 is 0.250 bits per heavy atom. The molecule has 15 aromatic rings. The molecule has 0 aliphatic carbocycles. The molecule has 0 saturated heterocycles. The van der Waals surface area contributed by atoms with E-state index in [1.54, 1.807) is 0 Å². The molecule has 0 aliphatic heterocycles. The Balaban J connectivity index is 0.000000135. The van der Waals surface area contributed by atoms with Gasteiger partial charge in [-0.05, 0) is 212 Å². The van der Waals surface area contributed by atoms with Crippen LogP contribution >= 0.6 is 0 Å². The summed E-state index contributed by atoms with van der Waals surface area (Å²) in [6, 6.07) is 75.1. The van der Waals surface area contributed by atoms with Gasteiger partial charge >= 0.3 is 0 Å². The van der Waals surface area contributed by atoms with Crippen LogP contribution in [0, 0.1) is 90.0 Å². The standard InChI is InChI=1S/C22H26N.2C20H22N.C19H20N.C18H18N/c1-6-17-13-18(7-2)16(4)21(14-17)22-20-11-9-8-10-19(20)12-15(3)23(22)5;1-13-10-14(2)16(4)19(11-13)20-18-9-7-6-8-17(18)12-15(3)21(20)5;1-5-16-11-10-14(2)19(13-16)20-18-9-7-6-8-17(18)12-15(3)21(20)4;1-13-9-10-14(2)18(11-13)19-17-8-6-5-7-16(17)12-15(3)20(19)4;1-13-8-4-6-10-16(13)18-17-11-7-5-9-15(17)12-14(2)19(18)3/h8-14H,6-7H2,1-5H3;6-12H,1-5H3;6-13H,5H2,1-4H3;5-12H,1-4H3;4-12H,1-3H3/q5*+1/i5*12D. The largest absolute Gasteiger partial charge is 0.220 e. The first-order valence-corrected chi connectivity index (χ1v) is 36.9. The normalized spacial score (nSPS) is 11.7. The van der Waals surface area contributed by atoms with Gasteiger partial charge in [0, 0.05) is 81.5 Å². The van der Waals surface area contributed by atoms with E-state index in [4.69, 9.17) is 6.85 Å². The van der Waals surface area contributed by atoms with Crippen molar-refractivity contribution in [1.82, 2.24) is 0 Å². The van der Waals surface area contributed by atoms with E-state index in [0.29, 0.717) is 30.2 Å². The monoisotopic (exact) mass is 1370 g/mol. The summed E-state index contributed by atoms with van der Waals surface area (Å²) in [7, 11) is 10.3. The van der Waals surface area contributed by atoms with Crippen molar-refractivity contribution >= 4 is 53.9 Å². The first-order valence-electron chi connectivity index (χ1n) is 39.4. The zero-order valence-electron chi connectivity index (χ0n) is 70.5. The maximum atomic E-state index is 8.48. The van der Waals surface area contributed by atoms with Crippen molar-refractivity contribution in [3.05, 3.63) is 326 Å². The van der Waals surface area contributed by atoms with E-state index in [-0.39, 0.29) is 0 Å². The molecular formula is C99H108N5+5. The lowest BCUT2D eigenvalue weighted by Crippen LogP contribution is -2.35. The highest BCUT2D eigenvalue weighted by Crippen LogP contribution is 2.36. The average molecular weight is 1370 g/mol. The van der Waals surface area contributed by atoms with Gasteiger partial charge in [-0.3, -0.25) is 0 Å². The number of benzene rings is 10. The predicted molar refractivity (Wildman–Crippen MR) is 443 cm³/mol. The van der Waals surface area contributed by atoms with E-state index >= 15 is 0 Å². The summed E-state index contributed by atoms with van der Waals surface area (Å²) >= 11 is 0. The second-order valence-electron chi connectivity index (χ2n) is 28.3. The van der Waals surface area contributed by atoms with E-state index in [0.717, 1.165) is 102 Å². The van der Waals surface area contributed by atoms with Gasteiger partial charge in [-0.2, -0.15) is 22.8 Å². The molecule has 0 unspecified atom stereocenters. The molecule has 0 saturated carbocycles. The van der Waals surface area contributed by atoms with Crippen molar-refractivity contribution in [2.45, 2.75) is 130 Å². The molecule has 524 valence electrons. The van der Waals surface area contributed by atoms with E-state index in [1.807, 2.05) is 108 Å². The van der Waals surface area contributed by atoms with Gasteiger partial charge in [-0.15, -0.1) is 0 Å². The molecule has 5 aromatic heterocycles. The molecule has 5 heteroatoms. The Kier molecular flexibility index (Phi) is 21.0. The molecule has 5 heterocycles. The highest BCUT2D eigenvalue weighted by Gasteiger charge is 2.26. The molecule has 0 amide bonds. The minimum Gasteiger partial charge on any atom is -0.198 e. The maximum Gasteiger partial charge on any atom is 0.220 e. The zero-order chi connectivity index (χ0) is 78.7. The Bertz CT molecular complexity index is 6050. The Hall–Kier alpha value is -10.8. The van der Waals surface area contributed by atoms with Gasteiger partial charge in [-0.1, -0.05) is 177 Å². The van der Waals surface area contributed by atoms with E-state index in [9.17, 15) is 0 Å². The van der Waals surface area contributed by atoms with Gasteiger partial charge in [0.2, 0.25) is 28.5 Å². The Morgan fingerprint density at radius 3 is 0.942 bits per heavy atom. The van der Waals surface area contributed by atoms with Crippen LogP contribution in [-0.4, -0.2) is 0 Å². The number of hydrogen-bond acceptors (Lipinski definition) is 0. The molecule has 0 atom stereocenters. The molecule has 15 rings (SSSR count). The van der Waals surface area contributed by atoms with Gasteiger partial charge in [0.1, 0.15) is 35.2 Å². The van der Waals surface area contributed by atoms with Crippen molar-refractivity contribution < 1.29 is 29.7 Å². The SMILES string of the molecule is [2H]c1c(C)[n+](C)c(-c2cc(C)cc(C)c2C)c2ccccc12.[2H]c1c(C)[n+](C)c(-c2cc(C)ccc2C)c2ccccc12.[2H]c1c(C)[n+](C)c(-c2cc(CC)cc(CC)c2C)c2ccccc12.[2H]c1c(C)[n+](C)c(-c2cc(CC)ccc2C)c2ccccc12.[2H]c1c(C)[n+](C)c(-c2ccccc2C)c2ccccc12. The fourth-order valence-corrected chi connectivity index (χ4v) is 14.7. The minimum atomic E-state index is 0.612. The average Bonchev–Trinajstić information content (AvgIpc) is 0.782. The summed E-state index contributed by atoms with van der Waals surface area (Å²) < 4.78 is 52.7. The Labute approximate surface area is 627 Å². The third kappa shape index (κ3) is 15.5. The number of nitrogens with zero attached hydrogens (tertiary/aromatic N) is 5. The van der Waals surface area contributed by atoms with Crippen LogP contribution in [-0.2, 0) is 54.5 Å². The van der Waals surface area contributed by atoms with Crippen molar-refractivity contribution in [2.24, 2.45) is 35.2 Å². The molecule has 0 radical (unpaired) electrons. The van der Waals surface area contributed by atoms with Crippen molar-refractivity contribution in [3.8, 4) is 56.3 Å². The van der Waals surface area contributed by atoms with Gasteiger partial charge in [0.15, 0.2) is 28.5 Å². The topological polar surface area (TPSA) is 19.4 Å². The van der Waals surface area contributed by atoms with Gasteiger partial charge in [0.05, 0.1) is 44.9 Å². The molecule has 0 aliphatic rings. The molecule has 104 heavy (non-hydrogen) atoms. The third-order valence-electron chi connectivity index (χ3n) is 21.4. The highest BCUT2D eigenvalue weighted by atomic mass is 15.0. The number of pyridine rings is 5. The van der Waals surface area contributed by atoms with Crippen molar-refractivity contribution in [3.63, 3.8) is 0 Å². The molecule has 0 fully saturated rings. The Morgan fingerprint density at radius 2 is 0.558 bits per heavy atom. The van der Waals surface area contributed by atoms with Crippen LogP contribution in [0.1, 0.15) is 117 Å². The fourth-order valence-electron chi connectivity index (χ4n) is 14.7. The molecule has 5 nitrogen and oxygen atoms in total. The van der Waals surface area contributed by atoms with E-state index in [1.165, 1.54) is 117 Å². The summed E-state index contributed by atoms with van der Waals surface area (Å²) in [5.74, 6) is 0. The van der Waals surface area contributed by atoms with Crippen molar-refractivity contribution in [1.29, 1.82) is 0 Å². The summed E-state index contributed by atoms with van der Waals surface area (Å²) in [5.41, 5.74) is 31.7. The number of rotatable bonds is 8. The lowest BCUT2D eigenvalue weighted by atomic mass is 9.92. The molecule has 0 N–H and O–H groups in total. The molecular weight excluding hydrogens is 1260 g/mol. The first kappa shape index (κ1) is 67.7. The van der Waals surface area contributed by atoms with E-state index < -0.39 is 0 Å². The molecule has 10 aromatic carbocycles. The van der Waals surface area contributed by atoms with Gasteiger partial charge in [-0.25, -0.2) is 0 Å². The van der Waals surface area contributed by atoms with Crippen LogP contribution in [0.25, 0.3) is 110 Å². The number of fused-ring (bicyclic) bond motifs is 5. The minimum absolute atomic E-state index is 0.612. The smallest absolute Gasteiger partial charge is 0.198 e. The first-order chi connectivity index (χ1) is 52.1. The van der Waals surface area contributed by atoms with Crippen LogP contribution in [0.2, 0.25) is 0 Å². The molecule has 0 bridgehead atoms. The maximum absolute atomic E-state index is 8.48. The van der Waals surface area contributed by atoms with Crippen LogP contribution in [0.15, 0.2) is 236 Å². The van der Waals surface area contributed by atoms with Gasteiger partial charge < -0.3 is 0 Å². The van der Waals surface area contributed by atoms with Gasteiger partial charge in [0.25, 0.3) is 0 Å². The summed E-state index contributed by atoms with van der Waals surface area (Å²) in [6.45, 7) is 34.0. The molecule has 0 spiro atoms. The lowest BCUT2D eigenvalue weighted by Gasteiger charge is -2.14. The van der Waals surface area contributed by atoms with Crippen LogP contribution in [0.3, 0.4) is 0 Å². The summed E-state index contributed by atoms with van der Waals surface area (Å²) in [6.07, 6.45) is 3.12. The highest BCUT2D eigenvalue weighted by molar-refractivity contribution is 5.98. The number of hydrogen-bond donors (Lipinski definition) is 0. The van der Waals surface area contributed by atoms with Crippen LogP contribution in [0.5, 0.6) is 0 Å². The quantitative estimate of drug-likeness (QED) is 0.135. The van der Waals surface area contributed by atoms with Crippen molar-refractivity contribution in [2.75, 3.05) is 0 Å². The lowest BCUT2D eigenvalue weighted by molar-refractivity contribution is -0.665. The van der Waals surface area contributed by atoms with Crippen LogP contribution in [0.4, 0.5) is 0 Å². The predicted octanol–water partition coefficient (Wildman–Crippen LogP) is 22.4. The second-order valence-corrected chi connectivity index (χ2v) is 28.3. The van der Waals surface area contributed by atoms with Crippen LogP contribution < -0.4 is 22.8 Å². The third-order valence-corrected chi connectivity index (χ3v) is 21.4. The fraction of sp³-hybridized carbons (Fsp3) is 0.242. The van der Waals surface area contributed by atoms with E-state index in [2.05, 4.69) is 267 Å². The zero-order valence-corrected chi connectivity index (χ0v) is 65.5. The summed E-state index contributed by atoms with van der Waals surface area (Å²) in [5, 5.41) is 10.8. The number of aryl methyl sites for hydroxylation is 9. The summed E-state index contributed by atoms with van der Waals surface area (Å²) in [4.78, 5) is 0.